The van der Waals surface area contributed by atoms with Crippen LogP contribution in [-0.2, 0) is 0 Å². The van der Waals surface area contributed by atoms with Crippen LogP contribution in [0.25, 0.3) is 10.9 Å². The molecule has 4 nitrogen and oxygen atoms in total. The SMILES string of the molecule is CCN1C2CCC1CC(Nc1ccc3[nH]ncc3c1)C2. The van der Waals surface area contributed by atoms with E-state index in [0.29, 0.717) is 6.04 Å². The fraction of sp³-hybridized carbons (Fsp3) is 0.562. The van der Waals surface area contributed by atoms with Crippen LogP contribution in [0.1, 0.15) is 32.6 Å². The third-order valence-corrected chi connectivity index (χ3v) is 5.06. The second kappa shape index (κ2) is 4.77. The van der Waals surface area contributed by atoms with Crippen molar-refractivity contribution in [1.82, 2.24) is 15.1 Å². The van der Waals surface area contributed by atoms with Gasteiger partial charge in [-0.25, -0.2) is 0 Å². The summed E-state index contributed by atoms with van der Waals surface area (Å²) in [4.78, 5) is 2.71. The number of hydrogen-bond donors (Lipinski definition) is 2. The van der Waals surface area contributed by atoms with Crippen LogP contribution < -0.4 is 5.32 Å². The lowest BCUT2D eigenvalue weighted by molar-refractivity contribution is 0.140. The van der Waals surface area contributed by atoms with Crippen molar-refractivity contribution in [3.63, 3.8) is 0 Å². The zero-order valence-electron chi connectivity index (χ0n) is 12.0. The molecule has 2 fully saturated rings. The van der Waals surface area contributed by atoms with E-state index in [1.54, 1.807) is 0 Å². The van der Waals surface area contributed by atoms with Crippen molar-refractivity contribution in [2.75, 3.05) is 11.9 Å². The standard InChI is InChI=1S/C16H22N4/c1-2-20-14-4-5-15(20)9-13(8-14)18-12-3-6-16-11(7-12)10-17-19-16/h3,6-7,10,13-15,18H,2,4-5,8-9H2,1H3,(H,17,19). The normalized spacial score (nSPS) is 29.9. The molecule has 2 aliphatic rings. The first-order chi connectivity index (χ1) is 9.83. The minimum atomic E-state index is 0.625. The van der Waals surface area contributed by atoms with Crippen LogP contribution in [-0.4, -0.2) is 39.8 Å². The largest absolute Gasteiger partial charge is 0.382 e. The fourth-order valence-corrected chi connectivity index (χ4v) is 4.18. The zero-order chi connectivity index (χ0) is 13.5. The summed E-state index contributed by atoms with van der Waals surface area (Å²) >= 11 is 0. The molecule has 0 amide bonds. The van der Waals surface area contributed by atoms with Gasteiger partial charge in [0.2, 0.25) is 0 Å². The maximum Gasteiger partial charge on any atom is 0.0651 e. The van der Waals surface area contributed by atoms with Crippen molar-refractivity contribution < 1.29 is 0 Å². The van der Waals surface area contributed by atoms with E-state index in [4.69, 9.17) is 0 Å². The molecule has 20 heavy (non-hydrogen) atoms. The summed E-state index contributed by atoms with van der Waals surface area (Å²) in [5.41, 5.74) is 2.34. The maximum absolute atomic E-state index is 4.08. The molecule has 106 valence electrons. The summed E-state index contributed by atoms with van der Waals surface area (Å²) in [5.74, 6) is 0. The van der Waals surface area contributed by atoms with Crippen molar-refractivity contribution in [3.8, 4) is 0 Å². The summed E-state index contributed by atoms with van der Waals surface area (Å²) in [5, 5.41) is 12.0. The Labute approximate surface area is 119 Å². The van der Waals surface area contributed by atoms with E-state index in [0.717, 1.165) is 17.6 Å². The molecule has 2 aliphatic heterocycles. The van der Waals surface area contributed by atoms with Gasteiger partial charge in [-0.3, -0.25) is 10.00 Å². The van der Waals surface area contributed by atoms with E-state index in [2.05, 4.69) is 45.5 Å². The first kappa shape index (κ1) is 12.2. The number of fused-ring (bicyclic) bond motifs is 3. The molecule has 0 aliphatic carbocycles. The molecule has 4 rings (SSSR count). The number of anilines is 1. The smallest absolute Gasteiger partial charge is 0.0651 e. The molecule has 0 spiro atoms. The highest BCUT2D eigenvalue weighted by atomic mass is 15.2. The number of nitrogens with zero attached hydrogens (tertiary/aromatic N) is 2. The molecule has 1 aromatic carbocycles. The van der Waals surface area contributed by atoms with Gasteiger partial charge in [-0.1, -0.05) is 6.92 Å². The van der Waals surface area contributed by atoms with Gasteiger partial charge in [0.15, 0.2) is 0 Å². The van der Waals surface area contributed by atoms with Crippen molar-refractivity contribution in [3.05, 3.63) is 24.4 Å². The second-order valence-electron chi connectivity index (χ2n) is 6.20. The van der Waals surface area contributed by atoms with Crippen molar-refractivity contribution in [1.29, 1.82) is 0 Å². The van der Waals surface area contributed by atoms with E-state index in [9.17, 15) is 0 Å². The van der Waals surface area contributed by atoms with Crippen LogP contribution in [0, 0.1) is 0 Å². The molecule has 2 aromatic rings. The Balaban J connectivity index is 1.49. The van der Waals surface area contributed by atoms with Gasteiger partial charge < -0.3 is 5.32 Å². The highest BCUT2D eigenvalue weighted by molar-refractivity contribution is 5.81. The van der Waals surface area contributed by atoms with E-state index in [1.165, 1.54) is 43.3 Å². The molecular weight excluding hydrogens is 248 g/mol. The summed E-state index contributed by atoms with van der Waals surface area (Å²) in [6, 6.07) is 8.70. The van der Waals surface area contributed by atoms with Crippen LogP contribution in [0.5, 0.6) is 0 Å². The number of benzene rings is 1. The lowest BCUT2D eigenvalue weighted by atomic mass is 9.97. The third-order valence-electron chi connectivity index (χ3n) is 5.06. The fourth-order valence-electron chi connectivity index (χ4n) is 4.18. The lowest BCUT2D eigenvalue weighted by Crippen LogP contribution is -2.46. The number of aromatic amines is 1. The zero-order valence-corrected chi connectivity index (χ0v) is 12.0. The number of hydrogen-bond acceptors (Lipinski definition) is 3. The highest BCUT2D eigenvalue weighted by Crippen LogP contribution is 2.36. The molecule has 2 bridgehead atoms. The second-order valence-corrected chi connectivity index (χ2v) is 6.20. The highest BCUT2D eigenvalue weighted by Gasteiger charge is 2.39. The van der Waals surface area contributed by atoms with Crippen molar-refractivity contribution >= 4 is 16.6 Å². The van der Waals surface area contributed by atoms with Gasteiger partial charge in [0.25, 0.3) is 0 Å². The lowest BCUT2D eigenvalue weighted by Gasteiger charge is -2.38. The Hall–Kier alpha value is -1.55. The van der Waals surface area contributed by atoms with Crippen LogP contribution in [0.3, 0.4) is 0 Å². The molecule has 2 atom stereocenters. The van der Waals surface area contributed by atoms with Gasteiger partial charge in [0, 0.05) is 29.2 Å². The van der Waals surface area contributed by atoms with Gasteiger partial charge in [-0.15, -0.1) is 0 Å². The average molecular weight is 270 g/mol. The molecule has 4 heteroatoms. The maximum atomic E-state index is 4.08. The first-order valence-corrected chi connectivity index (χ1v) is 7.79. The number of H-pyrrole nitrogens is 1. The molecule has 0 saturated carbocycles. The van der Waals surface area contributed by atoms with Crippen LogP contribution in [0.4, 0.5) is 5.69 Å². The van der Waals surface area contributed by atoms with E-state index in [-0.39, 0.29) is 0 Å². The van der Waals surface area contributed by atoms with Gasteiger partial charge in [-0.05, 0) is 50.4 Å². The van der Waals surface area contributed by atoms with Gasteiger partial charge in [-0.2, -0.15) is 5.10 Å². The van der Waals surface area contributed by atoms with Crippen LogP contribution in [0.15, 0.2) is 24.4 Å². The summed E-state index contributed by atoms with van der Waals surface area (Å²) in [6.45, 7) is 3.51. The third kappa shape index (κ3) is 1.99. The minimum absolute atomic E-state index is 0.625. The Kier molecular flexibility index (Phi) is 2.91. The molecule has 2 unspecified atom stereocenters. The van der Waals surface area contributed by atoms with Gasteiger partial charge in [0.1, 0.15) is 0 Å². The minimum Gasteiger partial charge on any atom is -0.382 e. The molecule has 0 radical (unpaired) electrons. The van der Waals surface area contributed by atoms with Crippen molar-refractivity contribution in [2.45, 2.75) is 50.7 Å². The van der Waals surface area contributed by atoms with E-state index >= 15 is 0 Å². The van der Waals surface area contributed by atoms with Gasteiger partial charge >= 0.3 is 0 Å². The average Bonchev–Trinajstić information content (AvgIpc) is 3.01. The van der Waals surface area contributed by atoms with E-state index in [1.807, 2.05) is 6.20 Å². The molecule has 2 N–H and O–H groups in total. The summed E-state index contributed by atoms with van der Waals surface area (Å²) in [6.07, 6.45) is 7.24. The van der Waals surface area contributed by atoms with E-state index < -0.39 is 0 Å². The number of piperidine rings is 1. The van der Waals surface area contributed by atoms with Crippen LogP contribution >= 0.6 is 0 Å². The quantitative estimate of drug-likeness (QED) is 0.901. The number of nitrogens with one attached hydrogen (secondary N) is 2. The summed E-state index contributed by atoms with van der Waals surface area (Å²) in [7, 11) is 0. The number of aromatic nitrogens is 2. The molecule has 3 heterocycles. The Morgan fingerprint density at radius 3 is 2.85 bits per heavy atom. The van der Waals surface area contributed by atoms with Crippen molar-refractivity contribution in [2.24, 2.45) is 0 Å². The Bertz CT molecular complexity index is 591. The monoisotopic (exact) mass is 270 g/mol. The predicted molar refractivity (Wildman–Crippen MR) is 81.9 cm³/mol. The predicted octanol–water partition coefficient (Wildman–Crippen LogP) is 2.99. The molecular formula is C16H22N4. The first-order valence-electron chi connectivity index (χ1n) is 7.79. The van der Waals surface area contributed by atoms with Gasteiger partial charge in [0.05, 0.1) is 11.7 Å². The topological polar surface area (TPSA) is 44.0 Å². The van der Waals surface area contributed by atoms with Crippen LogP contribution in [0.2, 0.25) is 0 Å². The molecule has 1 aromatic heterocycles. The Morgan fingerprint density at radius 1 is 1.30 bits per heavy atom. The Morgan fingerprint density at radius 2 is 2.10 bits per heavy atom. The molecule has 2 saturated heterocycles. The number of rotatable bonds is 3. The summed E-state index contributed by atoms with van der Waals surface area (Å²) < 4.78 is 0.